The number of nitrogens with zero attached hydrogens (tertiary/aromatic N) is 2. The van der Waals surface area contributed by atoms with Crippen LogP contribution in [-0.2, 0) is 16.1 Å². The van der Waals surface area contributed by atoms with Crippen molar-refractivity contribution in [2.45, 2.75) is 32.9 Å². The number of fused-ring (bicyclic) bond motifs is 1. The zero-order valence-corrected chi connectivity index (χ0v) is 18.4. The van der Waals surface area contributed by atoms with Crippen molar-refractivity contribution in [3.63, 3.8) is 0 Å². The van der Waals surface area contributed by atoms with Gasteiger partial charge in [-0.05, 0) is 37.1 Å². The van der Waals surface area contributed by atoms with Gasteiger partial charge in [0.05, 0.1) is 22.7 Å². The lowest BCUT2D eigenvalue weighted by atomic mass is 10.1. The Hall–Kier alpha value is -2.15. The largest absolute Gasteiger partial charge is 0.303 e. The fraction of sp³-hybridized carbons (Fsp3) is 0.227. The molecule has 2 aliphatic heterocycles. The number of carbonyl (C=O) groups excluding carboxylic acids is 2. The Morgan fingerprint density at radius 3 is 2.45 bits per heavy atom. The summed E-state index contributed by atoms with van der Waals surface area (Å²) in [5.74, 6) is -0.355. The Morgan fingerprint density at radius 2 is 1.76 bits per heavy atom. The van der Waals surface area contributed by atoms with Gasteiger partial charge in [-0.3, -0.25) is 14.5 Å². The van der Waals surface area contributed by atoms with Crippen LogP contribution in [0.25, 0.3) is 5.57 Å². The molecule has 0 radical (unpaired) electrons. The van der Waals surface area contributed by atoms with Crippen molar-refractivity contribution in [1.29, 1.82) is 0 Å². The first-order valence-corrected chi connectivity index (χ1v) is 11.0. The van der Waals surface area contributed by atoms with E-state index in [0.717, 1.165) is 23.2 Å². The SMILES string of the molecule is CC[C@H](C)N1C(=O)/C(=C2\C(=O)N(Cc3ccc(Cl)cc3)c3ccccc32)SC1=S. The van der Waals surface area contributed by atoms with Gasteiger partial charge in [-0.1, -0.05) is 72.8 Å². The number of thiocarbonyl (C=S) groups is 1. The average molecular weight is 443 g/mol. The molecule has 1 atom stereocenters. The van der Waals surface area contributed by atoms with Crippen molar-refractivity contribution in [3.8, 4) is 0 Å². The molecule has 0 saturated carbocycles. The Morgan fingerprint density at radius 1 is 1.07 bits per heavy atom. The van der Waals surface area contributed by atoms with Crippen molar-refractivity contribution in [2.24, 2.45) is 0 Å². The molecular weight excluding hydrogens is 424 g/mol. The van der Waals surface area contributed by atoms with Crippen LogP contribution in [0.15, 0.2) is 53.4 Å². The number of rotatable bonds is 4. The molecule has 0 spiro atoms. The third kappa shape index (κ3) is 3.50. The number of para-hydroxylation sites is 1. The Bertz CT molecular complexity index is 1050. The highest BCUT2D eigenvalue weighted by atomic mass is 35.5. The number of hydrogen-bond acceptors (Lipinski definition) is 4. The van der Waals surface area contributed by atoms with Gasteiger partial charge >= 0.3 is 0 Å². The highest BCUT2D eigenvalue weighted by molar-refractivity contribution is 8.26. The van der Waals surface area contributed by atoms with E-state index in [1.807, 2.05) is 62.4 Å². The van der Waals surface area contributed by atoms with Crippen molar-refractivity contribution in [2.75, 3.05) is 4.90 Å². The predicted octanol–water partition coefficient (Wildman–Crippen LogP) is 5.26. The summed E-state index contributed by atoms with van der Waals surface area (Å²) in [4.78, 5) is 30.3. The van der Waals surface area contributed by atoms with E-state index in [-0.39, 0.29) is 17.9 Å². The van der Waals surface area contributed by atoms with E-state index in [0.29, 0.717) is 26.4 Å². The van der Waals surface area contributed by atoms with Crippen LogP contribution in [0.5, 0.6) is 0 Å². The molecular formula is C22H19ClN2O2S2. The molecule has 1 saturated heterocycles. The number of benzene rings is 2. The summed E-state index contributed by atoms with van der Waals surface area (Å²) in [6.07, 6.45) is 0.794. The Balaban J connectivity index is 1.77. The lowest BCUT2D eigenvalue weighted by Gasteiger charge is -2.21. The van der Waals surface area contributed by atoms with Crippen LogP contribution in [0, 0.1) is 0 Å². The minimum absolute atomic E-state index is 0.00230. The molecule has 2 aromatic rings. The van der Waals surface area contributed by atoms with Crippen LogP contribution in [0.2, 0.25) is 5.02 Å². The summed E-state index contributed by atoms with van der Waals surface area (Å²) in [7, 11) is 0. The molecule has 1 fully saturated rings. The normalized spacial score (nSPS) is 19.9. The third-order valence-electron chi connectivity index (χ3n) is 5.23. The van der Waals surface area contributed by atoms with Gasteiger partial charge in [0, 0.05) is 16.6 Å². The molecule has 0 aromatic heterocycles. The monoisotopic (exact) mass is 442 g/mol. The zero-order valence-electron chi connectivity index (χ0n) is 16.0. The van der Waals surface area contributed by atoms with Crippen LogP contribution < -0.4 is 4.90 Å². The fourth-order valence-electron chi connectivity index (χ4n) is 3.52. The molecule has 4 rings (SSSR count). The summed E-state index contributed by atoms with van der Waals surface area (Å²) in [5.41, 5.74) is 2.98. The summed E-state index contributed by atoms with van der Waals surface area (Å²) in [6, 6.07) is 15.0. The van der Waals surface area contributed by atoms with Gasteiger partial charge in [0.15, 0.2) is 0 Å². The first kappa shape index (κ1) is 20.1. The molecule has 0 N–H and O–H groups in total. The van der Waals surface area contributed by atoms with Crippen molar-refractivity contribution < 1.29 is 9.59 Å². The maximum atomic E-state index is 13.4. The van der Waals surface area contributed by atoms with Gasteiger partial charge in [-0.2, -0.15) is 0 Å². The molecule has 148 valence electrons. The highest BCUT2D eigenvalue weighted by Gasteiger charge is 2.42. The lowest BCUT2D eigenvalue weighted by Crippen LogP contribution is -2.36. The van der Waals surface area contributed by atoms with Crippen LogP contribution in [0.1, 0.15) is 31.4 Å². The second kappa shape index (κ2) is 7.94. The van der Waals surface area contributed by atoms with Gasteiger partial charge in [-0.25, -0.2) is 0 Å². The topological polar surface area (TPSA) is 40.6 Å². The third-order valence-corrected chi connectivity index (χ3v) is 6.89. The maximum Gasteiger partial charge on any atom is 0.267 e. The van der Waals surface area contributed by atoms with Crippen molar-refractivity contribution in [1.82, 2.24) is 4.90 Å². The van der Waals surface area contributed by atoms with Crippen molar-refractivity contribution in [3.05, 3.63) is 69.6 Å². The van der Waals surface area contributed by atoms with E-state index >= 15 is 0 Å². The summed E-state index contributed by atoms with van der Waals surface area (Å²) >= 11 is 12.7. The quantitative estimate of drug-likeness (QED) is 0.478. The molecule has 29 heavy (non-hydrogen) atoms. The number of hydrogen-bond donors (Lipinski definition) is 0. The maximum absolute atomic E-state index is 13.4. The van der Waals surface area contributed by atoms with Crippen LogP contribution in [0.3, 0.4) is 0 Å². The fourth-order valence-corrected chi connectivity index (χ4v) is 5.18. The van der Waals surface area contributed by atoms with Gasteiger partial charge in [0.1, 0.15) is 4.32 Å². The highest BCUT2D eigenvalue weighted by Crippen LogP contribution is 2.45. The minimum atomic E-state index is -0.180. The molecule has 4 nitrogen and oxygen atoms in total. The average Bonchev–Trinajstić information content (AvgIpc) is 3.16. The van der Waals surface area contributed by atoms with E-state index in [9.17, 15) is 9.59 Å². The summed E-state index contributed by atoms with van der Waals surface area (Å²) < 4.78 is 0.508. The van der Waals surface area contributed by atoms with E-state index < -0.39 is 0 Å². The standard InChI is InChI=1S/C22H19ClN2O2S2/c1-3-13(2)25-21(27)19(29-22(25)28)18-16-6-4-5-7-17(16)24(20(18)26)12-14-8-10-15(23)11-9-14/h4-11,13H,3,12H2,1-2H3/b19-18+/t13-/m0/s1. The van der Waals surface area contributed by atoms with Gasteiger partial charge in [-0.15, -0.1) is 0 Å². The molecule has 2 amide bonds. The predicted molar refractivity (Wildman–Crippen MR) is 123 cm³/mol. The Kier molecular flexibility index (Phi) is 5.51. The van der Waals surface area contributed by atoms with E-state index in [2.05, 4.69) is 0 Å². The smallest absolute Gasteiger partial charge is 0.267 e. The van der Waals surface area contributed by atoms with Crippen LogP contribution >= 0.6 is 35.6 Å². The van der Waals surface area contributed by atoms with Crippen LogP contribution in [0.4, 0.5) is 5.69 Å². The summed E-state index contributed by atoms with van der Waals surface area (Å²) in [5, 5.41) is 0.649. The number of amides is 2. The zero-order chi connectivity index (χ0) is 20.7. The molecule has 7 heteroatoms. The minimum Gasteiger partial charge on any atom is -0.303 e. The second-order valence-electron chi connectivity index (χ2n) is 7.04. The Labute approximate surface area is 184 Å². The molecule has 2 aromatic carbocycles. The number of carbonyl (C=O) groups is 2. The number of halogens is 1. The summed E-state index contributed by atoms with van der Waals surface area (Å²) in [6.45, 7) is 4.39. The first-order valence-electron chi connectivity index (χ1n) is 9.37. The lowest BCUT2D eigenvalue weighted by molar-refractivity contribution is -0.123. The van der Waals surface area contributed by atoms with Crippen molar-refractivity contribution >= 4 is 63.0 Å². The first-order chi connectivity index (χ1) is 13.9. The number of thioether (sulfide) groups is 1. The van der Waals surface area contributed by atoms with Gasteiger partial charge in [0.2, 0.25) is 0 Å². The van der Waals surface area contributed by atoms with Gasteiger partial charge in [0.25, 0.3) is 11.8 Å². The molecule has 0 unspecified atom stereocenters. The molecule has 2 aliphatic rings. The van der Waals surface area contributed by atoms with Gasteiger partial charge < -0.3 is 4.90 Å². The van der Waals surface area contributed by atoms with E-state index in [1.54, 1.807) is 9.80 Å². The number of anilines is 1. The second-order valence-corrected chi connectivity index (χ2v) is 9.12. The molecule has 2 heterocycles. The van der Waals surface area contributed by atoms with E-state index in [1.165, 1.54) is 11.8 Å². The van der Waals surface area contributed by atoms with Crippen LogP contribution in [-0.4, -0.2) is 27.1 Å². The molecule has 0 aliphatic carbocycles. The van der Waals surface area contributed by atoms with E-state index in [4.69, 9.17) is 23.8 Å². The molecule has 0 bridgehead atoms.